The van der Waals surface area contributed by atoms with Crippen molar-refractivity contribution in [3.63, 3.8) is 0 Å². The highest BCUT2D eigenvalue weighted by Gasteiger charge is 2.43. The quantitative estimate of drug-likeness (QED) is 0.281. The van der Waals surface area contributed by atoms with E-state index in [2.05, 4.69) is 10.0 Å². The minimum absolute atomic E-state index is 0.186. The second kappa shape index (κ2) is 9.32. The van der Waals surface area contributed by atoms with Crippen molar-refractivity contribution in [1.29, 1.82) is 0 Å². The highest BCUT2D eigenvalue weighted by molar-refractivity contribution is 8.04. The second-order valence-electron chi connectivity index (χ2n) is 6.66. The Morgan fingerprint density at radius 3 is 1.52 bits per heavy atom. The van der Waals surface area contributed by atoms with Gasteiger partial charge in [-0.1, -0.05) is 75.6 Å². The number of benzene rings is 3. The number of rotatable bonds is 8. The Hall–Kier alpha value is -3.17. The summed E-state index contributed by atoms with van der Waals surface area (Å²) in [5, 5.41) is 3.74. The number of sulfonamides is 2. The molecule has 0 aliphatic heterocycles. The lowest BCUT2D eigenvalue weighted by molar-refractivity contribution is 0.393. The third kappa shape index (κ3) is 4.62. The van der Waals surface area contributed by atoms with E-state index in [1.54, 1.807) is 42.5 Å². The zero-order valence-electron chi connectivity index (χ0n) is 16.6. The molecule has 0 amide bonds. The smallest absolute Gasteiger partial charge is 0.206 e. The molecule has 0 aliphatic rings. The van der Waals surface area contributed by atoms with Gasteiger partial charge < -0.3 is 0 Å². The number of hydrogen-bond donors (Lipinski definition) is 0. The van der Waals surface area contributed by atoms with E-state index < -0.39 is 32.1 Å². The molecule has 0 fully saturated rings. The maximum absolute atomic E-state index is 13.5. The predicted octanol–water partition coefficient (Wildman–Crippen LogP) is 4.51. The Labute approximate surface area is 181 Å². The highest BCUT2D eigenvalue weighted by atomic mass is 32.3. The molecule has 0 unspecified atom stereocenters. The summed E-state index contributed by atoms with van der Waals surface area (Å²) in [5.41, 5.74) is 9.60. The molecule has 3 aromatic rings. The van der Waals surface area contributed by atoms with Crippen LogP contribution < -0.4 is 0 Å². The fourth-order valence-electron chi connectivity index (χ4n) is 3.22. The molecule has 0 aliphatic carbocycles. The van der Waals surface area contributed by atoms with Gasteiger partial charge in [-0.3, -0.25) is 0 Å². The highest BCUT2D eigenvalue weighted by Crippen LogP contribution is 2.34. The van der Waals surface area contributed by atoms with Crippen LogP contribution in [0.15, 0.2) is 106 Å². The van der Waals surface area contributed by atoms with E-state index in [0.717, 1.165) is 0 Å². The normalized spacial score (nSPS) is 13.9. The van der Waals surface area contributed by atoms with Crippen LogP contribution in [-0.2, 0) is 20.0 Å². The molecule has 8 nitrogen and oxygen atoms in total. The molecule has 10 heteroatoms. The molecule has 0 bridgehead atoms. The van der Waals surface area contributed by atoms with Crippen LogP contribution in [0.25, 0.3) is 10.4 Å². The molecule has 0 saturated heterocycles. The third-order valence-electron chi connectivity index (χ3n) is 4.66. The first kappa shape index (κ1) is 22.5. The van der Waals surface area contributed by atoms with Crippen molar-refractivity contribution in [2.45, 2.75) is 28.8 Å². The van der Waals surface area contributed by atoms with E-state index in [9.17, 15) is 16.8 Å². The van der Waals surface area contributed by atoms with Crippen molar-refractivity contribution < 1.29 is 16.8 Å². The van der Waals surface area contributed by atoms with Gasteiger partial charge in [-0.2, -0.15) is 0 Å². The molecule has 0 aromatic heterocycles. The topological polar surface area (TPSA) is 120 Å². The van der Waals surface area contributed by atoms with E-state index in [4.69, 9.17) is 5.53 Å². The van der Waals surface area contributed by atoms with Crippen LogP contribution in [0, 0.1) is 0 Å². The maximum atomic E-state index is 13.5. The van der Waals surface area contributed by atoms with Gasteiger partial charge in [0, 0.05) is 4.91 Å². The molecule has 0 N–H and O–H groups in total. The van der Waals surface area contributed by atoms with Crippen molar-refractivity contribution in [3.8, 4) is 0 Å². The molecular formula is C21H20N4O4S2. The van der Waals surface area contributed by atoms with Crippen molar-refractivity contribution in [2.75, 3.05) is 0 Å². The summed E-state index contributed by atoms with van der Waals surface area (Å²) in [6.45, 7) is 1.41. The summed E-state index contributed by atoms with van der Waals surface area (Å²) in [6, 6.07) is 20.7. The molecule has 31 heavy (non-hydrogen) atoms. The summed E-state index contributed by atoms with van der Waals surface area (Å²) in [4.78, 5) is 2.46. The predicted molar refractivity (Wildman–Crippen MR) is 117 cm³/mol. The Kier molecular flexibility index (Phi) is 6.77. The van der Waals surface area contributed by atoms with E-state index in [1.165, 1.54) is 55.5 Å². The monoisotopic (exact) mass is 456 g/mol. The van der Waals surface area contributed by atoms with Crippen molar-refractivity contribution in [3.05, 3.63) is 107 Å². The van der Waals surface area contributed by atoms with Gasteiger partial charge in [0.1, 0.15) is 0 Å². The fraction of sp³-hybridized carbons (Fsp3) is 0.143. The zero-order chi connectivity index (χ0) is 22.5. The van der Waals surface area contributed by atoms with Gasteiger partial charge in [-0.15, -0.1) is 0 Å². The van der Waals surface area contributed by atoms with E-state index in [0.29, 0.717) is 9.27 Å². The Morgan fingerprint density at radius 2 is 1.13 bits per heavy atom. The largest absolute Gasteiger partial charge is 0.256 e. The molecule has 160 valence electrons. The van der Waals surface area contributed by atoms with Crippen LogP contribution in [0.1, 0.15) is 18.5 Å². The van der Waals surface area contributed by atoms with Crippen LogP contribution in [0.5, 0.6) is 0 Å². The van der Waals surface area contributed by atoms with Crippen LogP contribution in [-0.4, -0.2) is 26.6 Å². The third-order valence-corrected chi connectivity index (χ3v) is 9.19. The molecule has 0 saturated carbocycles. The van der Waals surface area contributed by atoms with Crippen molar-refractivity contribution in [2.24, 2.45) is 5.11 Å². The summed E-state index contributed by atoms with van der Waals surface area (Å²) >= 11 is 0. The van der Waals surface area contributed by atoms with Gasteiger partial charge in [0.2, 0.25) is 0 Å². The first-order chi connectivity index (χ1) is 14.8. The average molecular weight is 457 g/mol. The first-order valence-corrected chi connectivity index (χ1v) is 12.2. The summed E-state index contributed by atoms with van der Waals surface area (Å²) < 4.78 is 54.6. The summed E-state index contributed by atoms with van der Waals surface area (Å²) in [6.07, 6.45) is 0. The standard InChI is InChI=1S/C21H20N4O4S2/c1-17(21(23-24-22)18-11-5-2-6-12-18)25(30(26,27)19-13-7-3-8-14-19)31(28,29)20-15-9-4-10-16-20/h2-17,21H,1H3/t17-,21-/m0/s1. The Bertz CT molecular complexity index is 1210. The maximum Gasteiger partial charge on any atom is 0.256 e. The van der Waals surface area contributed by atoms with Crippen LogP contribution in [0.4, 0.5) is 0 Å². The molecule has 0 radical (unpaired) electrons. The average Bonchev–Trinajstić information content (AvgIpc) is 2.79. The van der Waals surface area contributed by atoms with Crippen LogP contribution in [0.3, 0.4) is 0 Å². The Morgan fingerprint density at radius 1 is 0.742 bits per heavy atom. The minimum Gasteiger partial charge on any atom is -0.206 e. The molecule has 0 heterocycles. The molecule has 3 aromatic carbocycles. The SMILES string of the molecule is C[C@@H]([C@H](N=[N+]=[N-])c1ccccc1)N(S(=O)(=O)c1ccccc1)S(=O)(=O)c1ccccc1. The molecule has 3 rings (SSSR count). The number of nitrogens with zero attached hydrogens (tertiary/aromatic N) is 4. The minimum atomic E-state index is -4.52. The lowest BCUT2D eigenvalue weighted by atomic mass is 10.0. The van der Waals surface area contributed by atoms with Crippen LogP contribution >= 0.6 is 0 Å². The summed E-state index contributed by atoms with van der Waals surface area (Å²) in [7, 11) is -9.03. The number of azide groups is 1. The molecular weight excluding hydrogens is 436 g/mol. The van der Waals surface area contributed by atoms with Gasteiger partial charge in [-0.05, 0) is 42.3 Å². The lowest BCUT2D eigenvalue weighted by Gasteiger charge is -2.31. The van der Waals surface area contributed by atoms with E-state index in [-0.39, 0.29) is 9.79 Å². The van der Waals surface area contributed by atoms with Gasteiger partial charge in [0.15, 0.2) is 0 Å². The van der Waals surface area contributed by atoms with E-state index >= 15 is 0 Å². The number of hydrogen-bond acceptors (Lipinski definition) is 5. The zero-order valence-corrected chi connectivity index (χ0v) is 18.2. The lowest BCUT2D eigenvalue weighted by Crippen LogP contribution is -2.45. The summed E-state index contributed by atoms with van der Waals surface area (Å²) in [5.74, 6) is 0. The van der Waals surface area contributed by atoms with Crippen LogP contribution in [0.2, 0.25) is 0 Å². The van der Waals surface area contributed by atoms with Gasteiger partial charge >= 0.3 is 0 Å². The van der Waals surface area contributed by atoms with Gasteiger partial charge in [0.05, 0.1) is 21.9 Å². The van der Waals surface area contributed by atoms with Crippen molar-refractivity contribution in [1.82, 2.24) is 3.71 Å². The fourth-order valence-corrected chi connectivity index (χ4v) is 7.30. The van der Waals surface area contributed by atoms with E-state index in [1.807, 2.05) is 0 Å². The Balaban J connectivity index is 2.24. The first-order valence-electron chi connectivity index (χ1n) is 9.29. The van der Waals surface area contributed by atoms with Crippen molar-refractivity contribution >= 4 is 20.0 Å². The second-order valence-corrected chi connectivity index (χ2v) is 10.5. The molecule has 0 spiro atoms. The van der Waals surface area contributed by atoms with Gasteiger partial charge in [0.25, 0.3) is 20.0 Å². The molecule has 2 atom stereocenters. The van der Waals surface area contributed by atoms with Gasteiger partial charge in [-0.25, -0.2) is 16.8 Å².